The van der Waals surface area contributed by atoms with Gasteiger partial charge in [-0.2, -0.15) is 0 Å². The molecule has 0 spiro atoms. The number of piperidine rings is 1. The summed E-state index contributed by atoms with van der Waals surface area (Å²) in [5, 5.41) is 14.5. The van der Waals surface area contributed by atoms with Crippen molar-refractivity contribution in [3.8, 4) is 0 Å². The van der Waals surface area contributed by atoms with Gasteiger partial charge in [-0.3, -0.25) is 15.0 Å². The Labute approximate surface area is 126 Å². The van der Waals surface area contributed by atoms with Gasteiger partial charge in [0, 0.05) is 30.8 Å². The number of nitrogens with zero attached hydrogens (tertiary/aromatic N) is 2. The standard InChI is InChI=1S/C16H25N3O2/c1-12(2)17-11-14-7-5-9-18(3)16(14)13-6-4-8-15(10-13)19(20)21/h4,6,8,10,12,14,16-17H,5,7,9,11H2,1-3H3. The van der Waals surface area contributed by atoms with Crippen molar-refractivity contribution in [3.63, 3.8) is 0 Å². The van der Waals surface area contributed by atoms with E-state index in [0.717, 1.165) is 25.1 Å². The number of likely N-dealkylation sites (tertiary alicyclic amines) is 1. The van der Waals surface area contributed by atoms with E-state index < -0.39 is 0 Å². The predicted molar refractivity (Wildman–Crippen MR) is 84.3 cm³/mol. The maximum atomic E-state index is 11.0. The first-order valence-corrected chi connectivity index (χ1v) is 7.67. The first-order valence-electron chi connectivity index (χ1n) is 7.67. The van der Waals surface area contributed by atoms with E-state index in [0.29, 0.717) is 12.0 Å². The molecular weight excluding hydrogens is 266 g/mol. The summed E-state index contributed by atoms with van der Waals surface area (Å²) in [5.41, 5.74) is 1.24. The molecule has 0 saturated carbocycles. The molecule has 2 atom stereocenters. The van der Waals surface area contributed by atoms with E-state index in [-0.39, 0.29) is 16.7 Å². The van der Waals surface area contributed by atoms with Gasteiger partial charge in [-0.15, -0.1) is 0 Å². The van der Waals surface area contributed by atoms with Gasteiger partial charge in [0.05, 0.1) is 4.92 Å². The van der Waals surface area contributed by atoms with E-state index in [4.69, 9.17) is 0 Å². The van der Waals surface area contributed by atoms with Crippen LogP contribution in [0.15, 0.2) is 24.3 Å². The molecule has 5 nitrogen and oxygen atoms in total. The SMILES string of the molecule is CC(C)NCC1CCCN(C)C1c1cccc([N+](=O)[O-])c1. The van der Waals surface area contributed by atoms with Gasteiger partial charge < -0.3 is 5.32 Å². The second kappa shape index (κ2) is 7.00. The molecule has 1 aromatic rings. The smallest absolute Gasteiger partial charge is 0.269 e. The summed E-state index contributed by atoms with van der Waals surface area (Å²) < 4.78 is 0. The molecule has 1 N–H and O–H groups in total. The van der Waals surface area contributed by atoms with Crippen molar-refractivity contribution in [3.05, 3.63) is 39.9 Å². The van der Waals surface area contributed by atoms with Crippen LogP contribution in [-0.4, -0.2) is 36.0 Å². The molecule has 21 heavy (non-hydrogen) atoms. The molecule has 2 unspecified atom stereocenters. The van der Waals surface area contributed by atoms with Crippen LogP contribution in [0.25, 0.3) is 0 Å². The average molecular weight is 291 g/mol. The number of rotatable bonds is 5. The zero-order valence-electron chi connectivity index (χ0n) is 13.1. The molecule has 0 aromatic heterocycles. The van der Waals surface area contributed by atoms with Gasteiger partial charge in [-0.25, -0.2) is 0 Å². The minimum Gasteiger partial charge on any atom is -0.314 e. The van der Waals surface area contributed by atoms with E-state index >= 15 is 0 Å². The summed E-state index contributed by atoms with van der Waals surface area (Å²) in [6, 6.07) is 7.82. The summed E-state index contributed by atoms with van der Waals surface area (Å²) >= 11 is 0. The third kappa shape index (κ3) is 4.02. The Morgan fingerprint density at radius 1 is 1.48 bits per heavy atom. The Morgan fingerprint density at radius 2 is 2.24 bits per heavy atom. The summed E-state index contributed by atoms with van der Waals surface area (Å²) in [6.07, 6.45) is 2.35. The molecule has 0 amide bonds. The number of hydrogen-bond donors (Lipinski definition) is 1. The zero-order valence-corrected chi connectivity index (χ0v) is 13.1. The predicted octanol–water partition coefficient (Wildman–Crippen LogP) is 2.98. The van der Waals surface area contributed by atoms with Gasteiger partial charge in [0.1, 0.15) is 0 Å². The Hall–Kier alpha value is -1.46. The van der Waals surface area contributed by atoms with Crippen molar-refractivity contribution in [2.75, 3.05) is 20.1 Å². The van der Waals surface area contributed by atoms with Crippen molar-refractivity contribution in [2.24, 2.45) is 5.92 Å². The average Bonchev–Trinajstić information content (AvgIpc) is 2.45. The van der Waals surface area contributed by atoms with Crippen LogP contribution in [0.1, 0.15) is 38.3 Å². The normalized spacial score (nSPS) is 23.4. The fourth-order valence-electron chi connectivity index (χ4n) is 3.21. The lowest BCUT2D eigenvalue weighted by Gasteiger charge is -2.40. The van der Waals surface area contributed by atoms with Crippen LogP contribution < -0.4 is 5.32 Å². The van der Waals surface area contributed by atoms with Gasteiger partial charge in [-0.1, -0.05) is 26.0 Å². The van der Waals surface area contributed by atoms with Crippen molar-refractivity contribution in [1.82, 2.24) is 10.2 Å². The van der Waals surface area contributed by atoms with Crippen LogP contribution in [0.2, 0.25) is 0 Å². The summed E-state index contributed by atoms with van der Waals surface area (Å²) in [7, 11) is 2.12. The summed E-state index contributed by atoms with van der Waals surface area (Å²) in [6.45, 7) is 6.30. The third-order valence-corrected chi connectivity index (χ3v) is 4.22. The van der Waals surface area contributed by atoms with Gasteiger partial charge in [0.15, 0.2) is 0 Å². The fraction of sp³-hybridized carbons (Fsp3) is 0.625. The largest absolute Gasteiger partial charge is 0.314 e. The molecule has 116 valence electrons. The van der Waals surface area contributed by atoms with Crippen molar-refractivity contribution in [2.45, 2.75) is 38.8 Å². The summed E-state index contributed by atoms with van der Waals surface area (Å²) in [5.74, 6) is 0.494. The zero-order chi connectivity index (χ0) is 15.4. The number of nitro benzene ring substituents is 1. The van der Waals surface area contributed by atoms with Crippen LogP contribution in [0.5, 0.6) is 0 Å². The number of benzene rings is 1. The van der Waals surface area contributed by atoms with Crippen molar-refractivity contribution >= 4 is 5.69 Å². The van der Waals surface area contributed by atoms with Gasteiger partial charge >= 0.3 is 0 Å². The lowest BCUT2D eigenvalue weighted by molar-refractivity contribution is -0.385. The molecule has 2 rings (SSSR count). The summed E-state index contributed by atoms with van der Waals surface area (Å²) in [4.78, 5) is 13.0. The molecule has 1 heterocycles. The highest BCUT2D eigenvalue weighted by Crippen LogP contribution is 2.35. The lowest BCUT2D eigenvalue weighted by Crippen LogP contribution is -2.41. The second-order valence-electron chi connectivity index (χ2n) is 6.24. The molecule has 0 bridgehead atoms. The molecule has 1 aliphatic heterocycles. The fourth-order valence-corrected chi connectivity index (χ4v) is 3.21. The molecule has 1 fully saturated rings. The maximum absolute atomic E-state index is 11.0. The maximum Gasteiger partial charge on any atom is 0.269 e. The van der Waals surface area contributed by atoms with E-state index in [2.05, 4.69) is 31.1 Å². The Kier molecular flexibility index (Phi) is 5.31. The van der Waals surface area contributed by atoms with Gasteiger partial charge in [0.25, 0.3) is 5.69 Å². The Bertz CT molecular complexity index is 490. The molecule has 1 aliphatic rings. The van der Waals surface area contributed by atoms with E-state index in [9.17, 15) is 10.1 Å². The van der Waals surface area contributed by atoms with Crippen LogP contribution in [-0.2, 0) is 0 Å². The number of non-ortho nitro benzene ring substituents is 1. The van der Waals surface area contributed by atoms with Gasteiger partial charge in [0.2, 0.25) is 0 Å². The van der Waals surface area contributed by atoms with Crippen LogP contribution in [0.3, 0.4) is 0 Å². The molecule has 0 aliphatic carbocycles. The Morgan fingerprint density at radius 3 is 2.90 bits per heavy atom. The first-order chi connectivity index (χ1) is 9.99. The van der Waals surface area contributed by atoms with Crippen molar-refractivity contribution in [1.29, 1.82) is 0 Å². The van der Waals surface area contributed by atoms with Crippen molar-refractivity contribution < 1.29 is 4.92 Å². The highest BCUT2D eigenvalue weighted by atomic mass is 16.6. The first kappa shape index (κ1) is 15.9. The van der Waals surface area contributed by atoms with E-state index in [1.807, 2.05) is 6.07 Å². The topological polar surface area (TPSA) is 58.4 Å². The monoisotopic (exact) mass is 291 g/mol. The highest BCUT2D eigenvalue weighted by molar-refractivity contribution is 5.36. The van der Waals surface area contributed by atoms with Crippen LogP contribution in [0, 0.1) is 16.0 Å². The quantitative estimate of drug-likeness (QED) is 0.669. The molecule has 5 heteroatoms. The van der Waals surface area contributed by atoms with Crippen LogP contribution in [0.4, 0.5) is 5.69 Å². The lowest BCUT2D eigenvalue weighted by atomic mass is 9.84. The minimum absolute atomic E-state index is 0.182. The van der Waals surface area contributed by atoms with E-state index in [1.165, 1.54) is 6.42 Å². The molecule has 1 aromatic carbocycles. The van der Waals surface area contributed by atoms with E-state index in [1.54, 1.807) is 18.2 Å². The Balaban J connectivity index is 2.22. The molecule has 1 saturated heterocycles. The molecular formula is C16H25N3O2. The number of nitro groups is 1. The highest BCUT2D eigenvalue weighted by Gasteiger charge is 2.31. The number of nitrogens with one attached hydrogen (secondary N) is 1. The minimum atomic E-state index is -0.312. The molecule has 0 radical (unpaired) electrons. The number of hydrogen-bond acceptors (Lipinski definition) is 4. The third-order valence-electron chi connectivity index (χ3n) is 4.22. The second-order valence-corrected chi connectivity index (χ2v) is 6.24. The van der Waals surface area contributed by atoms with Gasteiger partial charge in [-0.05, 0) is 37.9 Å². The van der Waals surface area contributed by atoms with Crippen LogP contribution >= 0.6 is 0 Å².